The first kappa shape index (κ1) is 17.3. The van der Waals surface area contributed by atoms with Crippen molar-refractivity contribution in [3.05, 3.63) is 0 Å². The Morgan fingerprint density at radius 2 is 2.10 bits per heavy atom. The lowest BCUT2D eigenvalue weighted by Crippen LogP contribution is -2.57. The quantitative estimate of drug-likeness (QED) is 0.522. The minimum Gasteiger partial charge on any atom is -0.464 e. The second-order valence-electron chi connectivity index (χ2n) is 4.24. The number of carbonyl (C=O) groups is 2. The summed E-state index contributed by atoms with van der Waals surface area (Å²) in [6.07, 6.45) is 0. The van der Waals surface area contributed by atoms with Gasteiger partial charge in [0.1, 0.15) is 5.37 Å². The summed E-state index contributed by atoms with van der Waals surface area (Å²) >= 11 is 1.47. The lowest BCUT2D eigenvalue weighted by Gasteiger charge is -2.35. The molecule has 20 heavy (non-hydrogen) atoms. The van der Waals surface area contributed by atoms with E-state index in [0.29, 0.717) is 11.5 Å². The van der Waals surface area contributed by atoms with Crippen LogP contribution in [0.4, 0.5) is 0 Å². The highest BCUT2D eigenvalue weighted by atomic mass is 32.2. The molecule has 1 saturated heterocycles. The number of nitrogens with zero attached hydrogens (tertiary/aromatic N) is 1. The van der Waals surface area contributed by atoms with Crippen molar-refractivity contribution in [2.24, 2.45) is 5.73 Å². The molecule has 2 atom stereocenters. The third kappa shape index (κ3) is 3.86. The maximum atomic E-state index is 12.2. The number of rotatable bonds is 5. The number of esters is 1. The summed E-state index contributed by atoms with van der Waals surface area (Å²) < 4.78 is 28.7. The SMILES string of the molecule is CCOC(=O)C(N)C(=O)N1CCSCC1S(=O)(=O)CC. The van der Waals surface area contributed by atoms with Crippen LogP contribution in [0.5, 0.6) is 0 Å². The van der Waals surface area contributed by atoms with Gasteiger partial charge in [-0.2, -0.15) is 11.8 Å². The van der Waals surface area contributed by atoms with Crippen LogP contribution in [0, 0.1) is 0 Å². The molecule has 0 aromatic heterocycles. The Labute approximate surface area is 123 Å². The van der Waals surface area contributed by atoms with E-state index in [1.54, 1.807) is 6.92 Å². The molecule has 1 aliphatic heterocycles. The van der Waals surface area contributed by atoms with Crippen molar-refractivity contribution in [1.82, 2.24) is 4.90 Å². The molecule has 2 N–H and O–H groups in total. The maximum absolute atomic E-state index is 12.2. The normalized spacial score (nSPS) is 21.4. The van der Waals surface area contributed by atoms with E-state index in [4.69, 9.17) is 10.5 Å². The van der Waals surface area contributed by atoms with Crippen LogP contribution in [0.15, 0.2) is 0 Å². The van der Waals surface area contributed by atoms with Crippen molar-refractivity contribution >= 4 is 33.5 Å². The van der Waals surface area contributed by atoms with Crippen molar-refractivity contribution in [1.29, 1.82) is 0 Å². The highest BCUT2D eigenvalue weighted by molar-refractivity contribution is 8.01. The standard InChI is InChI=1S/C11H20N2O5S2/c1-3-18-11(15)9(12)10(14)13-5-6-19-7-8(13)20(16,17)4-2/h8-9H,3-7,12H2,1-2H3. The van der Waals surface area contributed by atoms with Gasteiger partial charge < -0.3 is 15.4 Å². The summed E-state index contributed by atoms with van der Waals surface area (Å²) in [5.74, 6) is -0.653. The Morgan fingerprint density at radius 3 is 2.65 bits per heavy atom. The van der Waals surface area contributed by atoms with Gasteiger partial charge in [0.25, 0.3) is 5.91 Å². The molecule has 1 heterocycles. The molecule has 0 saturated carbocycles. The molecular weight excluding hydrogens is 304 g/mol. The highest BCUT2D eigenvalue weighted by Gasteiger charge is 2.39. The molecule has 7 nitrogen and oxygen atoms in total. The van der Waals surface area contributed by atoms with Gasteiger partial charge in [0.2, 0.25) is 0 Å². The number of hydrogen-bond donors (Lipinski definition) is 1. The first-order chi connectivity index (χ1) is 9.35. The molecule has 0 aliphatic carbocycles. The van der Waals surface area contributed by atoms with Crippen LogP contribution >= 0.6 is 11.8 Å². The molecule has 1 aliphatic rings. The molecule has 1 fully saturated rings. The minimum absolute atomic E-state index is 0.0589. The fraction of sp³-hybridized carbons (Fsp3) is 0.818. The molecular formula is C11H20N2O5S2. The molecule has 1 amide bonds. The second kappa shape index (κ2) is 7.28. The van der Waals surface area contributed by atoms with Crippen LogP contribution in [-0.2, 0) is 24.2 Å². The number of hydrogen-bond acceptors (Lipinski definition) is 7. The van der Waals surface area contributed by atoms with E-state index >= 15 is 0 Å². The number of ether oxygens (including phenoxy) is 1. The summed E-state index contributed by atoms with van der Waals surface area (Å²) in [5, 5.41) is -0.917. The number of nitrogens with two attached hydrogens (primary N) is 1. The van der Waals surface area contributed by atoms with E-state index in [1.807, 2.05) is 0 Å². The number of amides is 1. The van der Waals surface area contributed by atoms with Gasteiger partial charge in [0.05, 0.1) is 6.61 Å². The number of carbonyl (C=O) groups excluding carboxylic acids is 2. The molecule has 0 bridgehead atoms. The van der Waals surface area contributed by atoms with Gasteiger partial charge in [-0.15, -0.1) is 0 Å². The molecule has 2 unspecified atom stereocenters. The first-order valence-electron chi connectivity index (χ1n) is 6.37. The lowest BCUT2D eigenvalue weighted by atomic mass is 10.2. The van der Waals surface area contributed by atoms with Gasteiger partial charge in [0.15, 0.2) is 15.9 Å². The zero-order valence-corrected chi connectivity index (χ0v) is 13.2. The van der Waals surface area contributed by atoms with E-state index in [-0.39, 0.29) is 18.9 Å². The van der Waals surface area contributed by atoms with Crippen molar-refractivity contribution in [2.45, 2.75) is 25.3 Å². The van der Waals surface area contributed by atoms with Gasteiger partial charge in [-0.25, -0.2) is 13.2 Å². The number of sulfone groups is 1. The van der Waals surface area contributed by atoms with Crippen molar-refractivity contribution in [3.63, 3.8) is 0 Å². The fourth-order valence-electron chi connectivity index (χ4n) is 1.83. The molecule has 116 valence electrons. The summed E-state index contributed by atoms with van der Waals surface area (Å²) in [5.41, 5.74) is 5.56. The average Bonchev–Trinajstić information content (AvgIpc) is 2.46. The monoisotopic (exact) mass is 324 g/mol. The highest BCUT2D eigenvalue weighted by Crippen LogP contribution is 2.22. The Morgan fingerprint density at radius 1 is 1.45 bits per heavy atom. The van der Waals surface area contributed by atoms with Crippen LogP contribution in [0.25, 0.3) is 0 Å². The molecule has 0 aromatic carbocycles. The first-order valence-corrected chi connectivity index (χ1v) is 9.24. The second-order valence-corrected chi connectivity index (χ2v) is 7.84. The van der Waals surface area contributed by atoms with Gasteiger partial charge in [-0.05, 0) is 6.92 Å². The predicted molar refractivity (Wildman–Crippen MR) is 76.9 cm³/mol. The number of thioether (sulfide) groups is 1. The van der Waals surface area contributed by atoms with Crippen molar-refractivity contribution in [3.8, 4) is 0 Å². The summed E-state index contributed by atoms with van der Waals surface area (Å²) in [6.45, 7) is 3.52. The van der Waals surface area contributed by atoms with Crippen molar-refractivity contribution < 1.29 is 22.7 Å². The zero-order chi connectivity index (χ0) is 15.3. The molecule has 9 heteroatoms. The van der Waals surface area contributed by atoms with E-state index in [0.717, 1.165) is 0 Å². The van der Waals surface area contributed by atoms with Crippen LogP contribution in [0.3, 0.4) is 0 Å². The predicted octanol–water partition coefficient (Wildman–Crippen LogP) is -0.787. The summed E-state index contributed by atoms with van der Waals surface area (Å²) in [6, 6.07) is -1.47. The van der Waals surface area contributed by atoms with Gasteiger partial charge in [-0.1, -0.05) is 6.92 Å². The van der Waals surface area contributed by atoms with E-state index in [1.165, 1.54) is 23.6 Å². The van der Waals surface area contributed by atoms with E-state index in [9.17, 15) is 18.0 Å². The molecule has 0 radical (unpaired) electrons. The largest absolute Gasteiger partial charge is 0.464 e. The lowest BCUT2D eigenvalue weighted by molar-refractivity contribution is -0.151. The van der Waals surface area contributed by atoms with Crippen molar-refractivity contribution in [2.75, 3.05) is 30.4 Å². The smallest absolute Gasteiger partial charge is 0.332 e. The van der Waals surface area contributed by atoms with Crippen LogP contribution in [0.1, 0.15) is 13.8 Å². The third-order valence-corrected chi connectivity index (χ3v) is 6.28. The van der Waals surface area contributed by atoms with Crippen LogP contribution in [-0.4, -0.2) is 67.0 Å². The minimum atomic E-state index is -3.41. The molecule has 0 spiro atoms. The molecule has 1 rings (SSSR count). The maximum Gasteiger partial charge on any atom is 0.332 e. The van der Waals surface area contributed by atoms with Gasteiger partial charge in [0, 0.05) is 23.8 Å². The Hall–Kier alpha value is -0.800. The van der Waals surface area contributed by atoms with Gasteiger partial charge in [-0.3, -0.25) is 4.79 Å². The van der Waals surface area contributed by atoms with E-state index < -0.39 is 33.1 Å². The Balaban J connectivity index is 2.90. The summed E-state index contributed by atoms with van der Waals surface area (Å²) in [4.78, 5) is 24.9. The third-order valence-electron chi connectivity index (χ3n) is 2.99. The zero-order valence-electron chi connectivity index (χ0n) is 11.6. The summed E-state index contributed by atoms with van der Waals surface area (Å²) in [7, 11) is -3.41. The fourth-order valence-corrected chi connectivity index (χ4v) is 4.81. The average molecular weight is 324 g/mol. The topological polar surface area (TPSA) is 107 Å². The Bertz CT molecular complexity index is 465. The van der Waals surface area contributed by atoms with E-state index in [2.05, 4.69) is 0 Å². The van der Waals surface area contributed by atoms with Crippen LogP contribution in [0.2, 0.25) is 0 Å². The van der Waals surface area contributed by atoms with Gasteiger partial charge >= 0.3 is 5.97 Å². The van der Waals surface area contributed by atoms with Crippen LogP contribution < -0.4 is 5.73 Å². The molecule has 0 aromatic rings. The Kier molecular flexibility index (Phi) is 6.28.